The number of nitrogens with one attached hydrogen (secondary N) is 1. The van der Waals surface area contributed by atoms with Crippen LogP contribution in [0.3, 0.4) is 0 Å². The van der Waals surface area contributed by atoms with Gasteiger partial charge in [0.15, 0.2) is 5.37 Å². The minimum Gasteiger partial charge on any atom is -0.465 e. The molecular weight excluding hydrogens is 348 g/mol. The van der Waals surface area contributed by atoms with E-state index in [0.29, 0.717) is 17.9 Å². The number of halogens is 4. The lowest BCUT2D eigenvalue weighted by atomic mass is 10.1. The van der Waals surface area contributed by atoms with Crippen molar-refractivity contribution >= 4 is 29.3 Å². The molecule has 0 saturated heterocycles. The molecule has 0 aliphatic carbocycles. The number of dihydropyridines is 1. The second-order valence-corrected chi connectivity index (χ2v) is 6.12. The maximum absolute atomic E-state index is 14.1. The molecule has 130 valence electrons. The van der Waals surface area contributed by atoms with E-state index in [1.54, 1.807) is 6.92 Å². The summed E-state index contributed by atoms with van der Waals surface area (Å²) in [5.41, 5.74) is -0.713. The molecule has 1 aromatic carbocycles. The van der Waals surface area contributed by atoms with Crippen LogP contribution in [0.25, 0.3) is 0 Å². The van der Waals surface area contributed by atoms with Crippen LogP contribution in [-0.2, 0) is 9.53 Å². The van der Waals surface area contributed by atoms with Gasteiger partial charge >= 0.3 is 5.97 Å². The van der Waals surface area contributed by atoms with Gasteiger partial charge in [0.25, 0.3) is 5.92 Å². The van der Waals surface area contributed by atoms with Gasteiger partial charge < -0.3 is 10.1 Å². The van der Waals surface area contributed by atoms with Gasteiger partial charge in [0, 0.05) is 12.1 Å². The smallest absolute Gasteiger partial charge is 0.341 e. The highest BCUT2D eigenvalue weighted by atomic mass is 32.2. The Balaban J connectivity index is 2.42. The molecule has 1 unspecified atom stereocenters. The Morgan fingerprint density at radius 3 is 2.71 bits per heavy atom. The van der Waals surface area contributed by atoms with Crippen LogP contribution < -0.4 is 5.32 Å². The molecule has 1 atom stereocenters. The fraction of sp³-hybridized carbons (Fsp3) is 0.333. The molecule has 0 radical (unpaired) electrons. The quantitative estimate of drug-likeness (QED) is 0.657. The summed E-state index contributed by atoms with van der Waals surface area (Å²) < 4.78 is 59.4. The maximum Gasteiger partial charge on any atom is 0.341 e. The molecule has 1 aromatic rings. The van der Waals surface area contributed by atoms with Crippen molar-refractivity contribution in [1.82, 2.24) is 0 Å². The Bertz CT molecular complexity index is 707. The van der Waals surface area contributed by atoms with Gasteiger partial charge in [0.1, 0.15) is 23.0 Å². The number of amidine groups is 1. The van der Waals surface area contributed by atoms with E-state index in [-0.39, 0.29) is 11.5 Å². The van der Waals surface area contributed by atoms with Gasteiger partial charge in [0.05, 0.1) is 12.8 Å². The number of thioether (sulfide) groups is 1. The van der Waals surface area contributed by atoms with E-state index in [1.807, 2.05) is 0 Å². The predicted molar refractivity (Wildman–Crippen MR) is 84.4 cm³/mol. The monoisotopic (exact) mass is 362 g/mol. The van der Waals surface area contributed by atoms with Crippen molar-refractivity contribution in [3.05, 3.63) is 41.5 Å². The Kier molecular flexibility index (Phi) is 5.53. The summed E-state index contributed by atoms with van der Waals surface area (Å²) in [6.07, 6.45) is 0.447. The number of hydrogen-bond donors (Lipinski definition) is 1. The number of aliphatic imine (C=N–C) groups is 1. The van der Waals surface area contributed by atoms with E-state index in [1.165, 1.54) is 0 Å². The van der Waals surface area contributed by atoms with Crippen molar-refractivity contribution in [1.29, 1.82) is 0 Å². The fourth-order valence-electron chi connectivity index (χ4n) is 1.99. The average molecular weight is 362 g/mol. The molecule has 24 heavy (non-hydrogen) atoms. The highest BCUT2D eigenvalue weighted by molar-refractivity contribution is 7.99. The summed E-state index contributed by atoms with van der Waals surface area (Å²) in [5.74, 6) is -6.04. The first kappa shape index (κ1) is 18.3. The minimum atomic E-state index is -3.36. The van der Waals surface area contributed by atoms with Crippen molar-refractivity contribution in [2.75, 3.05) is 18.2 Å². The van der Waals surface area contributed by atoms with Crippen molar-refractivity contribution in [3.8, 4) is 0 Å². The lowest BCUT2D eigenvalue weighted by Crippen LogP contribution is -2.38. The summed E-state index contributed by atoms with van der Waals surface area (Å²) in [4.78, 5) is 15.6. The Morgan fingerprint density at radius 2 is 2.12 bits per heavy atom. The summed E-state index contributed by atoms with van der Waals surface area (Å²) in [7, 11) is 1.03. The van der Waals surface area contributed by atoms with Crippen LogP contribution in [0.2, 0.25) is 0 Å². The molecule has 4 nitrogen and oxygen atoms in total. The van der Waals surface area contributed by atoms with Gasteiger partial charge in [-0.05, 0) is 17.9 Å². The van der Waals surface area contributed by atoms with Gasteiger partial charge in [-0.2, -0.15) is 8.78 Å². The van der Waals surface area contributed by atoms with Gasteiger partial charge in [-0.3, -0.25) is 0 Å². The van der Waals surface area contributed by atoms with Gasteiger partial charge in [-0.1, -0.05) is 6.92 Å². The third-order valence-corrected chi connectivity index (χ3v) is 4.15. The van der Waals surface area contributed by atoms with Crippen molar-refractivity contribution < 1.29 is 27.1 Å². The molecule has 1 heterocycles. The van der Waals surface area contributed by atoms with E-state index in [9.17, 15) is 22.4 Å². The number of methoxy groups -OCH3 is 1. The van der Waals surface area contributed by atoms with E-state index in [2.05, 4.69) is 15.0 Å². The minimum absolute atomic E-state index is 0.199. The number of alkyl halides is 2. The standard InChI is InChI=1S/C15H14F4N2O2S/c1-3-24-14-15(18,19)7-9(13(22)23-2)12(21-14)20-11-5-4-8(16)6-10(11)17/h4-7,14H,3H2,1-2H3,(H,20,21). The number of esters is 1. The van der Waals surface area contributed by atoms with Crippen LogP contribution >= 0.6 is 11.8 Å². The van der Waals surface area contributed by atoms with Crippen molar-refractivity contribution in [2.24, 2.45) is 4.99 Å². The number of rotatable bonds is 4. The number of carbonyl (C=O) groups excluding carboxylic acids is 1. The first-order valence-electron chi connectivity index (χ1n) is 6.89. The summed E-state index contributed by atoms with van der Waals surface area (Å²) >= 11 is 0.874. The molecule has 1 aliphatic heterocycles. The van der Waals surface area contributed by atoms with Crippen LogP contribution in [-0.4, -0.2) is 36.0 Å². The molecule has 0 fully saturated rings. The van der Waals surface area contributed by atoms with Crippen LogP contribution in [0, 0.1) is 11.6 Å². The summed E-state index contributed by atoms with van der Waals surface area (Å²) in [6.45, 7) is 1.68. The summed E-state index contributed by atoms with van der Waals surface area (Å²) in [5, 5.41) is 0.990. The third-order valence-electron chi connectivity index (χ3n) is 3.08. The second-order valence-electron chi connectivity index (χ2n) is 4.76. The highest BCUT2D eigenvalue weighted by Gasteiger charge is 2.43. The average Bonchev–Trinajstić information content (AvgIpc) is 2.52. The zero-order valence-corrected chi connectivity index (χ0v) is 13.6. The normalized spacial score (nSPS) is 19.3. The van der Waals surface area contributed by atoms with Crippen molar-refractivity contribution in [3.63, 3.8) is 0 Å². The van der Waals surface area contributed by atoms with Crippen LogP contribution in [0.15, 0.2) is 34.8 Å². The van der Waals surface area contributed by atoms with Crippen LogP contribution in [0.4, 0.5) is 23.2 Å². The number of hydrogen-bond acceptors (Lipinski definition) is 5. The maximum atomic E-state index is 14.1. The van der Waals surface area contributed by atoms with Crippen LogP contribution in [0.5, 0.6) is 0 Å². The first-order chi connectivity index (χ1) is 11.3. The number of carbonyl (C=O) groups is 1. The number of ether oxygens (including phenoxy) is 1. The molecule has 0 spiro atoms. The molecule has 0 aromatic heterocycles. The Hall–Kier alpha value is -2.03. The topological polar surface area (TPSA) is 50.7 Å². The molecular formula is C15H14F4N2O2S. The predicted octanol–water partition coefficient (Wildman–Crippen LogP) is 3.60. The second kappa shape index (κ2) is 7.25. The molecule has 1 N–H and O–H groups in total. The Morgan fingerprint density at radius 1 is 1.42 bits per heavy atom. The molecule has 0 saturated carbocycles. The molecule has 0 amide bonds. The molecule has 1 aliphatic rings. The van der Waals surface area contributed by atoms with E-state index in [0.717, 1.165) is 31.0 Å². The van der Waals surface area contributed by atoms with E-state index in [4.69, 9.17) is 0 Å². The zero-order valence-electron chi connectivity index (χ0n) is 12.8. The lowest BCUT2D eigenvalue weighted by Gasteiger charge is -2.27. The summed E-state index contributed by atoms with van der Waals surface area (Å²) in [6, 6.07) is 2.69. The van der Waals surface area contributed by atoms with Gasteiger partial charge in [-0.25, -0.2) is 18.6 Å². The largest absolute Gasteiger partial charge is 0.465 e. The zero-order chi connectivity index (χ0) is 17.9. The number of benzene rings is 1. The fourth-order valence-corrected chi connectivity index (χ4v) is 2.78. The first-order valence-corrected chi connectivity index (χ1v) is 7.94. The number of nitrogens with zero attached hydrogens (tertiary/aromatic N) is 1. The van der Waals surface area contributed by atoms with Crippen molar-refractivity contribution in [2.45, 2.75) is 18.2 Å². The SMILES string of the molecule is CCSC1N=C(Nc2ccc(F)cc2F)C(C(=O)OC)=CC1(F)F. The number of anilines is 1. The lowest BCUT2D eigenvalue weighted by molar-refractivity contribution is -0.135. The molecule has 0 bridgehead atoms. The van der Waals surface area contributed by atoms with E-state index >= 15 is 0 Å². The van der Waals surface area contributed by atoms with Gasteiger partial charge in [-0.15, -0.1) is 11.8 Å². The van der Waals surface area contributed by atoms with Gasteiger partial charge in [0.2, 0.25) is 0 Å². The Labute approximate surface area is 140 Å². The van der Waals surface area contributed by atoms with Crippen LogP contribution in [0.1, 0.15) is 6.92 Å². The third kappa shape index (κ3) is 3.89. The molecule has 9 heteroatoms. The van der Waals surface area contributed by atoms with E-state index < -0.39 is 34.5 Å². The molecule has 2 rings (SSSR count). The highest BCUT2D eigenvalue weighted by Crippen LogP contribution is 2.36.